The molecular weight excluding hydrogens is 391 g/mol. The Kier molecular flexibility index (Phi) is 4.59. The number of benzene rings is 2. The summed E-state index contributed by atoms with van der Waals surface area (Å²) in [5.41, 5.74) is 0.742. The van der Waals surface area contributed by atoms with Gasteiger partial charge in [-0.3, -0.25) is 4.98 Å². The molecule has 0 fully saturated rings. The lowest BCUT2D eigenvalue weighted by atomic mass is 10.2. The quantitative estimate of drug-likeness (QED) is 0.647. The fourth-order valence-electron chi connectivity index (χ4n) is 2.95. The van der Waals surface area contributed by atoms with Gasteiger partial charge in [0.05, 0.1) is 11.1 Å². The molecule has 2 aromatic carbocycles. The number of fused-ring (bicyclic) bond motifs is 1. The van der Waals surface area contributed by atoms with Gasteiger partial charge in [-0.25, -0.2) is 12.8 Å². The second-order valence-electron chi connectivity index (χ2n) is 6.03. The predicted octanol–water partition coefficient (Wildman–Crippen LogP) is 4.37. The first-order valence-electron chi connectivity index (χ1n) is 8.09. The van der Waals surface area contributed by atoms with E-state index >= 15 is 0 Å². The molecule has 0 bridgehead atoms. The maximum Gasteiger partial charge on any atom is 0.244 e. The first-order chi connectivity index (χ1) is 12.9. The van der Waals surface area contributed by atoms with Crippen molar-refractivity contribution in [1.82, 2.24) is 9.29 Å². The van der Waals surface area contributed by atoms with Gasteiger partial charge in [-0.15, -0.1) is 0 Å². The molecule has 0 aliphatic carbocycles. The van der Waals surface area contributed by atoms with Gasteiger partial charge >= 0.3 is 0 Å². The van der Waals surface area contributed by atoms with Gasteiger partial charge in [0, 0.05) is 29.9 Å². The zero-order valence-corrected chi connectivity index (χ0v) is 15.5. The molecule has 4 rings (SSSR count). The molecule has 27 heavy (non-hydrogen) atoms. The Labute approximate surface area is 161 Å². The molecule has 0 saturated heterocycles. The van der Waals surface area contributed by atoms with Crippen LogP contribution in [0.2, 0.25) is 5.02 Å². The Morgan fingerprint density at radius 2 is 2.00 bits per heavy atom. The van der Waals surface area contributed by atoms with Crippen molar-refractivity contribution in [2.75, 3.05) is 0 Å². The van der Waals surface area contributed by atoms with Crippen LogP contribution in [0.15, 0.2) is 65.8 Å². The number of sulfonamides is 1. The first kappa shape index (κ1) is 17.9. The van der Waals surface area contributed by atoms with Gasteiger partial charge in [0.15, 0.2) is 0 Å². The van der Waals surface area contributed by atoms with Gasteiger partial charge in [-0.05, 0) is 48.0 Å². The van der Waals surface area contributed by atoms with E-state index in [1.807, 2.05) is 0 Å². The molecule has 5 nitrogen and oxygen atoms in total. The van der Waals surface area contributed by atoms with Gasteiger partial charge in [0.2, 0.25) is 10.0 Å². The van der Waals surface area contributed by atoms with E-state index in [9.17, 15) is 12.8 Å². The van der Waals surface area contributed by atoms with Crippen molar-refractivity contribution < 1.29 is 17.5 Å². The highest BCUT2D eigenvalue weighted by molar-refractivity contribution is 7.89. The Morgan fingerprint density at radius 1 is 1.15 bits per heavy atom. The average Bonchev–Trinajstić information content (AvgIpc) is 2.89. The minimum atomic E-state index is -3.73. The van der Waals surface area contributed by atoms with Crippen LogP contribution in [0.1, 0.15) is 11.1 Å². The average molecular weight is 405 g/mol. The molecule has 0 N–H and O–H groups in total. The first-order valence-corrected chi connectivity index (χ1v) is 9.91. The van der Waals surface area contributed by atoms with Crippen molar-refractivity contribution in [3.05, 3.63) is 82.9 Å². The molecule has 3 aromatic rings. The van der Waals surface area contributed by atoms with Crippen LogP contribution in [-0.4, -0.2) is 17.7 Å². The molecular formula is C19H14ClFN2O3S. The number of ether oxygens (including phenoxy) is 1. The van der Waals surface area contributed by atoms with Crippen LogP contribution >= 0.6 is 11.6 Å². The largest absolute Gasteiger partial charge is 0.456 e. The predicted molar refractivity (Wildman–Crippen MR) is 98.6 cm³/mol. The van der Waals surface area contributed by atoms with Crippen molar-refractivity contribution in [2.45, 2.75) is 18.0 Å². The van der Waals surface area contributed by atoms with Gasteiger partial charge in [-0.1, -0.05) is 17.7 Å². The van der Waals surface area contributed by atoms with E-state index in [0.29, 0.717) is 17.1 Å². The van der Waals surface area contributed by atoms with E-state index in [1.165, 1.54) is 28.6 Å². The second-order valence-corrected chi connectivity index (χ2v) is 8.35. The smallest absolute Gasteiger partial charge is 0.244 e. The molecule has 0 saturated carbocycles. The number of hydrogen-bond donors (Lipinski definition) is 0. The Balaban J connectivity index is 1.62. The Morgan fingerprint density at radius 3 is 2.74 bits per heavy atom. The van der Waals surface area contributed by atoms with E-state index in [2.05, 4.69) is 4.98 Å². The molecule has 0 unspecified atom stereocenters. The summed E-state index contributed by atoms with van der Waals surface area (Å²) in [7, 11) is -3.73. The molecule has 1 aliphatic heterocycles. The van der Waals surface area contributed by atoms with Crippen molar-refractivity contribution in [2.24, 2.45) is 0 Å². The third-order valence-corrected chi connectivity index (χ3v) is 6.51. The number of pyridine rings is 1. The van der Waals surface area contributed by atoms with Crippen molar-refractivity contribution in [3.8, 4) is 11.5 Å². The lowest BCUT2D eigenvalue weighted by Crippen LogP contribution is -2.24. The maximum absolute atomic E-state index is 14.1. The van der Waals surface area contributed by atoms with Crippen LogP contribution in [-0.2, 0) is 23.1 Å². The standard InChI is InChI=1S/C19H14ClFN2O3S/c20-17-4-1-5-18(21)16(17)12-23-11-13-9-14(6-7-19(13)27(23,24)25)26-15-3-2-8-22-10-15/h1-10H,11-12H2. The maximum atomic E-state index is 14.1. The molecule has 0 spiro atoms. The molecule has 2 heterocycles. The highest BCUT2D eigenvalue weighted by atomic mass is 35.5. The molecule has 0 amide bonds. The van der Waals surface area contributed by atoms with Gasteiger partial charge < -0.3 is 4.74 Å². The third kappa shape index (κ3) is 3.41. The van der Waals surface area contributed by atoms with Gasteiger partial charge in [0.25, 0.3) is 0 Å². The lowest BCUT2D eigenvalue weighted by Gasteiger charge is -2.15. The monoisotopic (exact) mass is 404 g/mol. The SMILES string of the molecule is O=S1(=O)c2ccc(Oc3cccnc3)cc2CN1Cc1c(F)cccc1Cl. The summed E-state index contributed by atoms with van der Waals surface area (Å²) in [4.78, 5) is 4.16. The number of aromatic nitrogens is 1. The van der Waals surface area contributed by atoms with Crippen LogP contribution in [0.4, 0.5) is 4.39 Å². The fourth-order valence-corrected chi connectivity index (χ4v) is 4.76. The van der Waals surface area contributed by atoms with E-state index in [4.69, 9.17) is 16.3 Å². The molecule has 1 aromatic heterocycles. The van der Waals surface area contributed by atoms with Crippen LogP contribution in [0.25, 0.3) is 0 Å². The lowest BCUT2D eigenvalue weighted by molar-refractivity contribution is 0.410. The summed E-state index contributed by atoms with van der Waals surface area (Å²) in [6, 6.07) is 12.5. The third-order valence-electron chi connectivity index (χ3n) is 4.26. The van der Waals surface area contributed by atoms with Crippen LogP contribution in [0.5, 0.6) is 11.5 Å². The summed E-state index contributed by atoms with van der Waals surface area (Å²) in [6.07, 6.45) is 3.20. The molecule has 0 radical (unpaired) electrons. The second kappa shape index (κ2) is 6.92. The van der Waals surface area contributed by atoms with Gasteiger partial charge in [-0.2, -0.15) is 4.31 Å². The van der Waals surface area contributed by atoms with E-state index in [1.54, 1.807) is 36.7 Å². The summed E-state index contributed by atoms with van der Waals surface area (Å²) in [6.45, 7) is -0.0200. The number of rotatable bonds is 4. The van der Waals surface area contributed by atoms with Crippen LogP contribution < -0.4 is 4.74 Å². The van der Waals surface area contributed by atoms with Crippen LogP contribution in [0.3, 0.4) is 0 Å². The summed E-state index contributed by atoms with van der Waals surface area (Å²) in [5, 5.41) is 0.196. The highest BCUT2D eigenvalue weighted by Crippen LogP contribution is 2.36. The summed E-state index contributed by atoms with van der Waals surface area (Å²) < 4.78 is 46.6. The Hall–Kier alpha value is -2.48. The van der Waals surface area contributed by atoms with E-state index < -0.39 is 15.8 Å². The minimum Gasteiger partial charge on any atom is -0.456 e. The normalized spacial score (nSPS) is 15.5. The molecule has 1 aliphatic rings. The highest BCUT2D eigenvalue weighted by Gasteiger charge is 2.35. The number of halogens is 2. The van der Waals surface area contributed by atoms with E-state index in [-0.39, 0.29) is 28.6 Å². The number of hydrogen-bond acceptors (Lipinski definition) is 4. The molecule has 138 valence electrons. The van der Waals surface area contributed by atoms with Crippen molar-refractivity contribution >= 4 is 21.6 Å². The molecule has 8 heteroatoms. The summed E-state index contributed by atoms with van der Waals surface area (Å²) in [5.74, 6) is 0.519. The van der Waals surface area contributed by atoms with Crippen LogP contribution in [0, 0.1) is 5.82 Å². The topological polar surface area (TPSA) is 59.5 Å². The summed E-state index contributed by atoms with van der Waals surface area (Å²) >= 11 is 6.04. The zero-order valence-electron chi connectivity index (χ0n) is 14.0. The van der Waals surface area contributed by atoms with E-state index in [0.717, 1.165) is 0 Å². The van der Waals surface area contributed by atoms with Crippen molar-refractivity contribution in [3.63, 3.8) is 0 Å². The minimum absolute atomic E-state index is 0.118. The number of nitrogens with zero attached hydrogens (tertiary/aromatic N) is 2. The van der Waals surface area contributed by atoms with Gasteiger partial charge in [0.1, 0.15) is 17.3 Å². The zero-order chi connectivity index (χ0) is 19.0. The molecule has 0 atom stereocenters. The fraction of sp³-hybridized carbons (Fsp3) is 0.105. The van der Waals surface area contributed by atoms with Crippen molar-refractivity contribution in [1.29, 1.82) is 0 Å². The Bertz CT molecular complexity index is 1090.